The number of fused-ring (bicyclic) bond motifs is 2. The molecule has 0 spiro atoms. The van der Waals surface area contributed by atoms with Crippen molar-refractivity contribution in [2.24, 2.45) is 0 Å². The fraction of sp³-hybridized carbons (Fsp3) is 0.562. The lowest BCUT2D eigenvalue weighted by atomic mass is 10.1. The van der Waals surface area contributed by atoms with Gasteiger partial charge in [0.1, 0.15) is 0 Å². The zero-order chi connectivity index (χ0) is 14.1. The van der Waals surface area contributed by atoms with Crippen LogP contribution in [0.1, 0.15) is 36.5 Å². The first kappa shape index (κ1) is 13.4. The molecule has 2 fully saturated rings. The summed E-state index contributed by atoms with van der Waals surface area (Å²) in [6, 6.07) is 8.14. The second-order valence-electron chi connectivity index (χ2n) is 5.90. The highest BCUT2D eigenvalue weighted by Gasteiger charge is 2.39. The van der Waals surface area contributed by atoms with E-state index in [0.717, 1.165) is 44.5 Å². The molecule has 0 saturated carbocycles. The number of anilines is 1. The summed E-state index contributed by atoms with van der Waals surface area (Å²) >= 11 is 0. The number of nitrogens with two attached hydrogens (primary N) is 1. The van der Waals surface area contributed by atoms with E-state index >= 15 is 0 Å². The average Bonchev–Trinajstić information content (AvgIpc) is 2.73. The molecule has 2 aliphatic rings. The van der Waals surface area contributed by atoms with Crippen molar-refractivity contribution in [2.45, 2.75) is 38.3 Å². The zero-order valence-corrected chi connectivity index (χ0v) is 12.1. The Kier molecular flexibility index (Phi) is 3.66. The van der Waals surface area contributed by atoms with Crippen LogP contribution in [0.4, 0.5) is 5.69 Å². The maximum absolute atomic E-state index is 12.8. The van der Waals surface area contributed by atoms with Crippen LogP contribution in [-0.2, 0) is 0 Å². The van der Waals surface area contributed by atoms with Crippen LogP contribution in [0, 0.1) is 0 Å². The number of likely N-dealkylation sites (tertiary alicyclic amines) is 1. The summed E-state index contributed by atoms with van der Waals surface area (Å²) < 4.78 is 0. The molecule has 1 amide bonds. The van der Waals surface area contributed by atoms with Crippen LogP contribution < -0.4 is 5.73 Å². The van der Waals surface area contributed by atoms with Crippen LogP contribution >= 0.6 is 0 Å². The summed E-state index contributed by atoms with van der Waals surface area (Å²) in [7, 11) is 0. The van der Waals surface area contributed by atoms with Crippen molar-refractivity contribution in [3.63, 3.8) is 0 Å². The minimum Gasteiger partial charge on any atom is -0.399 e. The molecule has 1 aromatic carbocycles. The molecule has 2 bridgehead atoms. The van der Waals surface area contributed by atoms with E-state index in [2.05, 4.69) is 16.7 Å². The van der Waals surface area contributed by atoms with E-state index in [1.807, 2.05) is 18.2 Å². The summed E-state index contributed by atoms with van der Waals surface area (Å²) in [5.74, 6) is 0.155. The summed E-state index contributed by atoms with van der Waals surface area (Å²) in [5, 5.41) is 0. The Bertz CT molecular complexity index is 502. The van der Waals surface area contributed by atoms with E-state index in [9.17, 15) is 4.79 Å². The molecule has 0 radical (unpaired) electrons. The van der Waals surface area contributed by atoms with E-state index in [1.54, 1.807) is 6.07 Å². The van der Waals surface area contributed by atoms with Crippen molar-refractivity contribution >= 4 is 11.6 Å². The molecular weight excluding hydrogens is 250 g/mol. The number of nitrogen functional groups attached to an aromatic ring is 1. The highest BCUT2D eigenvalue weighted by atomic mass is 16.2. The van der Waals surface area contributed by atoms with Gasteiger partial charge in [-0.25, -0.2) is 0 Å². The fourth-order valence-electron chi connectivity index (χ4n) is 3.58. The SMILES string of the molecule is CCN1CCC2CCC(C1)N2C(=O)c1cccc(N)c1. The first-order valence-corrected chi connectivity index (χ1v) is 7.59. The Morgan fingerprint density at radius 1 is 1.30 bits per heavy atom. The third-order valence-electron chi connectivity index (χ3n) is 4.68. The quantitative estimate of drug-likeness (QED) is 0.838. The zero-order valence-electron chi connectivity index (χ0n) is 12.1. The van der Waals surface area contributed by atoms with Crippen molar-refractivity contribution in [1.29, 1.82) is 0 Å². The monoisotopic (exact) mass is 273 g/mol. The van der Waals surface area contributed by atoms with Crippen LogP contribution in [0.2, 0.25) is 0 Å². The summed E-state index contributed by atoms with van der Waals surface area (Å²) in [6.45, 7) is 5.39. The average molecular weight is 273 g/mol. The first-order chi connectivity index (χ1) is 9.69. The standard InChI is InChI=1S/C16H23N3O/c1-2-18-9-8-14-6-7-15(11-18)19(14)16(20)12-4-3-5-13(17)10-12/h3-5,10,14-15H,2,6-9,11,17H2,1H3. The molecule has 2 atom stereocenters. The molecule has 108 valence electrons. The van der Waals surface area contributed by atoms with E-state index < -0.39 is 0 Å². The predicted molar refractivity (Wildman–Crippen MR) is 80.6 cm³/mol. The van der Waals surface area contributed by atoms with Gasteiger partial charge in [-0.15, -0.1) is 0 Å². The Morgan fingerprint density at radius 2 is 2.10 bits per heavy atom. The number of likely N-dealkylation sites (N-methyl/N-ethyl adjacent to an activating group) is 1. The molecule has 0 aliphatic carbocycles. The van der Waals surface area contributed by atoms with Crippen LogP contribution in [-0.4, -0.2) is 47.4 Å². The third-order valence-corrected chi connectivity index (χ3v) is 4.68. The van der Waals surface area contributed by atoms with Crippen molar-refractivity contribution in [1.82, 2.24) is 9.80 Å². The third kappa shape index (κ3) is 2.40. The summed E-state index contributed by atoms with van der Waals surface area (Å²) in [5.41, 5.74) is 7.20. The van der Waals surface area contributed by atoms with Crippen LogP contribution in [0.15, 0.2) is 24.3 Å². The van der Waals surface area contributed by atoms with Gasteiger partial charge in [0.25, 0.3) is 5.91 Å². The van der Waals surface area contributed by atoms with Gasteiger partial charge in [-0.3, -0.25) is 4.79 Å². The predicted octanol–water partition coefficient (Wildman–Crippen LogP) is 1.97. The van der Waals surface area contributed by atoms with Gasteiger partial charge < -0.3 is 15.5 Å². The largest absolute Gasteiger partial charge is 0.399 e. The van der Waals surface area contributed by atoms with Crippen molar-refractivity contribution in [2.75, 3.05) is 25.4 Å². The highest BCUT2D eigenvalue weighted by Crippen LogP contribution is 2.31. The van der Waals surface area contributed by atoms with Crippen LogP contribution in [0.25, 0.3) is 0 Å². The number of carbonyl (C=O) groups is 1. The Hall–Kier alpha value is -1.55. The Balaban J connectivity index is 1.84. The van der Waals surface area contributed by atoms with Gasteiger partial charge in [0, 0.05) is 36.4 Å². The maximum atomic E-state index is 12.8. The van der Waals surface area contributed by atoms with E-state index in [-0.39, 0.29) is 5.91 Å². The topological polar surface area (TPSA) is 49.6 Å². The number of amides is 1. The molecule has 4 nitrogen and oxygen atoms in total. The number of rotatable bonds is 2. The molecule has 4 heteroatoms. The van der Waals surface area contributed by atoms with Crippen molar-refractivity contribution < 1.29 is 4.79 Å². The number of carbonyl (C=O) groups excluding carboxylic acids is 1. The lowest BCUT2D eigenvalue weighted by Crippen LogP contribution is -2.43. The van der Waals surface area contributed by atoms with Crippen LogP contribution in [0.3, 0.4) is 0 Å². The maximum Gasteiger partial charge on any atom is 0.254 e. The second-order valence-corrected chi connectivity index (χ2v) is 5.90. The number of hydrogen-bond acceptors (Lipinski definition) is 3. The lowest BCUT2D eigenvalue weighted by molar-refractivity contribution is 0.0671. The number of nitrogens with zero attached hydrogens (tertiary/aromatic N) is 2. The minimum absolute atomic E-state index is 0.155. The van der Waals surface area contributed by atoms with Crippen LogP contribution in [0.5, 0.6) is 0 Å². The molecule has 20 heavy (non-hydrogen) atoms. The van der Waals surface area contributed by atoms with Gasteiger partial charge in [-0.2, -0.15) is 0 Å². The van der Waals surface area contributed by atoms with Crippen molar-refractivity contribution in [3.05, 3.63) is 29.8 Å². The molecule has 2 saturated heterocycles. The lowest BCUT2D eigenvalue weighted by Gasteiger charge is -2.29. The first-order valence-electron chi connectivity index (χ1n) is 7.59. The minimum atomic E-state index is 0.155. The van der Waals surface area contributed by atoms with Gasteiger partial charge in [0.2, 0.25) is 0 Å². The molecule has 0 aromatic heterocycles. The number of benzene rings is 1. The van der Waals surface area contributed by atoms with E-state index in [0.29, 0.717) is 17.8 Å². The Labute approximate surface area is 120 Å². The smallest absolute Gasteiger partial charge is 0.254 e. The molecule has 2 unspecified atom stereocenters. The van der Waals surface area contributed by atoms with E-state index in [1.165, 1.54) is 0 Å². The molecule has 2 N–H and O–H groups in total. The van der Waals surface area contributed by atoms with Gasteiger partial charge in [0.15, 0.2) is 0 Å². The highest BCUT2D eigenvalue weighted by molar-refractivity contribution is 5.95. The molecule has 3 rings (SSSR count). The van der Waals surface area contributed by atoms with Crippen molar-refractivity contribution in [3.8, 4) is 0 Å². The van der Waals surface area contributed by atoms with Gasteiger partial charge in [0.05, 0.1) is 0 Å². The second kappa shape index (κ2) is 5.44. The fourth-order valence-corrected chi connectivity index (χ4v) is 3.58. The van der Waals surface area contributed by atoms with Gasteiger partial charge in [-0.05, 0) is 44.0 Å². The van der Waals surface area contributed by atoms with Gasteiger partial charge >= 0.3 is 0 Å². The molecular formula is C16H23N3O. The van der Waals surface area contributed by atoms with E-state index in [4.69, 9.17) is 5.73 Å². The molecule has 1 aromatic rings. The number of hydrogen-bond donors (Lipinski definition) is 1. The molecule has 2 heterocycles. The normalized spacial score (nSPS) is 26.6. The Morgan fingerprint density at radius 3 is 2.85 bits per heavy atom. The van der Waals surface area contributed by atoms with Gasteiger partial charge in [-0.1, -0.05) is 13.0 Å². The summed E-state index contributed by atoms with van der Waals surface area (Å²) in [4.78, 5) is 17.4. The summed E-state index contributed by atoms with van der Waals surface area (Å²) in [6.07, 6.45) is 3.38. The molecule has 2 aliphatic heterocycles.